The number of benzene rings is 1. The predicted octanol–water partition coefficient (Wildman–Crippen LogP) is 2.92. The third kappa shape index (κ3) is 2.57. The van der Waals surface area contributed by atoms with Gasteiger partial charge < -0.3 is 10.5 Å². The van der Waals surface area contributed by atoms with Gasteiger partial charge in [-0.05, 0) is 36.1 Å². The van der Waals surface area contributed by atoms with Gasteiger partial charge in [-0.15, -0.1) is 0 Å². The smallest absolute Gasteiger partial charge is 0.146 e. The zero-order valence-corrected chi connectivity index (χ0v) is 11.1. The van der Waals surface area contributed by atoms with Gasteiger partial charge >= 0.3 is 0 Å². The molecule has 1 aromatic heterocycles. The summed E-state index contributed by atoms with van der Waals surface area (Å²) >= 11 is 0. The van der Waals surface area contributed by atoms with Crippen molar-refractivity contribution in [1.82, 2.24) is 4.98 Å². The quantitative estimate of drug-likeness (QED) is 0.934. The molecule has 3 rings (SSSR count). The van der Waals surface area contributed by atoms with Crippen molar-refractivity contribution in [2.75, 3.05) is 6.61 Å². The number of hydrogen-bond donors (Lipinski definition) is 1. The number of nitrogens with zero attached hydrogens (tertiary/aromatic N) is 1. The van der Waals surface area contributed by atoms with Crippen LogP contribution in [0.2, 0.25) is 0 Å². The first-order valence-electron chi connectivity index (χ1n) is 6.81. The second kappa shape index (κ2) is 5.69. The number of fused-ring (bicyclic) bond motifs is 1. The van der Waals surface area contributed by atoms with Crippen molar-refractivity contribution in [1.29, 1.82) is 0 Å². The van der Waals surface area contributed by atoms with E-state index in [1.54, 1.807) is 12.3 Å². The third-order valence-electron chi connectivity index (χ3n) is 3.70. The first kappa shape index (κ1) is 13.2. The fourth-order valence-corrected chi connectivity index (χ4v) is 2.68. The SMILES string of the molecule is NC(CC1OCCc2ccccc21)c1ncccc1F. The molecule has 1 aliphatic rings. The maximum atomic E-state index is 13.7. The number of aromatic nitrogens is 1. The summed E-state index contributed by atoms with van der Waals surface area (Å²) in [5, 5.41) is 0. The van der Waals surface area contributed by atoms with E-state index in [0.717, 1.165) is 12.0 Å². The molecular formula is C16H17FN2O. The number of hydrogen-bond acceptors (Lipinski definition) is 3. The molecule has 0 radical (unpaired) electrons. The average Bonchev–Trinajstić information content (AvgIpc) is 2.48. The van der Waals surface area contributed by atoms with Gasteiger partial charge in [0.05, 0.1) is 24.4 Å². The first-order valence-corrected chi connectivity index (χ1v) is 6.81. The molecule has 0 bridgehead atoms. The van der Waals surface area contributed by atoms with Crippen LogP contribution in [0.3, 0.4) is 0 Å². The Morgan fingerprint density at radius 1 is 1.30 bits per heavy atom. The van der Waals surface area contributed by atoms with Crippen LogP contribution in [0.15, 0.2) is 42.6 Å². The number of nitrogens with two attached hydrogens (primary N) is 1. The van der Waals surface area contributed by atoms with Crippen LogP contribution < -0.4 is 5.73 Å². The highest BCUT2D eigenvalue weighted by Gasteiger charge is 2.24. The maximum absolute atomic E-state index is 13.7. The van der Waals surface area contributed by atoms with Crippen molar-refractivity contribution in [2.45, 2.75) is 25.0 Å². The van der Waals surface area contributed by atoms with E-state index < -0.39 is 6.04 Å². The number of pyridine rings is 1. The Kier molecular flexibility index (Phi) is 3.76. The van der Waals surface area contributed by atoms with Crippen molar-refractivity contribution >= 4 is 0 Å². The summed E-state index contributed by atoms with van der Waals surface area (Å²) in [6, 6.07) is 10.7. The van der Waals surface area contributed by atoms with E-state index in [4.69, 9.17) is 10.5 Å². The lowest BCUT2D eigenvalue weighted by atomic mass is 9.93. The van der Waals surface area contributed by atoms with Crippen LogP contribution in [0.4, 0.5) is 4.39 Å². The maximum Gasteiger partial charge on any atom is 0.146 e. The van der Waals surface area contributed by atoms with Gasteiger partial charge in [0.15, 0.2) is 0 Å². The molecule has 1 aliphatic heterocycles. The zero-order valence-electron chi connectivity index (χ0n) is 11.1. The van der Waals surface area contributed by atoms with Gasteiger partial charge in [0.2, 0.25) is 0 Å². The Hall–Kier alpha value is -1.78. The lowest BCUT2D eigenvalue weighted by molar-refractivity contribution is 0.0315. The Labute approximate surface area is 117 Å². The number of ether oxygens (including phenoxy) is 1. The van der Waals surface area contributed by atoms with Gasteiger partial charge in [-0.1, -0.05) is 24.3 Å². The molecule has 0 saturated carbocycles. The zero-order chi connectivity index (χ0) is 13.9. The summed E-state index contributed by atoms with van der Waals surface area (Å²) in [4.78, 5) is 4.04. The molecule has 3 nitrogen and oxygen atoms in total. The standard InChI is InChI=1S/C16H17FN2O/c17-13-6-3-8-19-16(13)14(18)10-15-12-5-2-1-4-11(12)7-9-20-15/h1-6,8,14-15H,7,9-10,18H2. The summed E-state index contributed by atoms with van der Waals surface area (Å²) in [5.74, 6) is -0.357. The van der Waals surface area contributed by atoms with E-state index in [1.165, 1.54) is 11.6 Å². The van der Waals surface area contributed by atoms with Crippen LogP contribution in [0.25, 0.3) is 0 Å². The van der Waals surface area contributed by atoms with Crippen LogP contribution >= 0.6 is 0 Å². The Morgan fingerprint density at radius 2 is 2.15 bits per heavy atom. The third-order valence-corrected chi connectivity index (χ3v) is 3.70. The van der Waals surface area contributed by atoms with E-state index in [2.05, 4.69) is 17.1 Å². The van der Waals surface area contributed by atoms with Gasteiger partial charge in [-0.2, -0.15) is 0 Å². The van der Waals surface area contributed by atoms with Gasteiger partial charge in [0.1, 0.15) is 5.82 Å². The van der Waals surface area contributed by atoms with Crippen LogP contribution in [0, 0.1) is 5.82 Å². The van der Waals surface area contributed by atoms with Crippen LogP contribution in [-0.2, 0) is 11.2 Å². The van der Waals surface area contributed by atoms with Crippen LogP contribution in [-0.4, -0.2) is 11.6 Å². The molecular weight excluding hydrogens is 255 g/mol. The molecule has 0 amide bonds. The molecule has 104 valence electrons. The minimum Gasteiger partial charge on any atom is -0.373 e. The molecule has 2 aromatic rings. The van der Waals surface area contributed by atoms with Crippen LogP contribution in [0.1, 0.15) is 35.4 Å². The Balaban J connectivity index is 1.81. The number of rotatable bonds is 3. The molecule has 0 fully saturated rings. The fourth-order valence-electron chi connectivity index (χ4n) is 2.68. The molecule has 20 heavy (non-hydrogen) atoms. The van der Waals surface area contributed by atoms with Crippen molar-refractivity contribution in [3.8, 4) is 0 Å². The molecule has 4 heteroatoms. The van der Waals surface area contributed by atoms with E-state index in [1.807, 2.05) is 12.1 Å². The normalized spacial score (nSPS) is 19.4. The molecule has 1 aromatic carbocycles. The molecule has 2 atom stereocenters. The first-order chi connectivity index (χ1) is 9.75. The van der Waals surface area contributed by atoms with Crippen molar-refractivity contribution in [3.63, 3.8) is 0 Å². The summed E-state index contributed by atoms with van der Waals surface area (Å²) < 4.78 is 19.5. The molecule has 2 unspecified atom stereocenters. The summed E-state index contributed by atoms with van der Waals surface area (Å²) in [6.07, 6.45) is 2.93. The monoisotopic (exact) mass is 272 g/mol. The fraction of sp³-hybridized carbons (Fsp3) is 0.312. The largest absolute Gasteiger partial charge is 0.373 e. The number of halogens is 1. The van der Waals surface area contributed by atoms with Crippen molar-refractivity contribution in [2.24, 2.45) is 5.73 Å². The molecule has 2 heterocycles. The second-order valence-corrected chi connectivity index (χ2v) is 5.02. The van der Waals surface area contributed by atoms with Gasteiger partial charge in [0.25, 0.3) is 0 Å². The van der Waals surface area contributed by atoms with Crippen LogP contribution in [0.5, 0.6) is 0 Å². The van der Waals surface area contributed by atoms with E-state index in [-0.39, 0.29) is 11.9 Å². The Morgan fingerprint density at radius 3 is 3.00 bits per heavy atom. The highest BCUT2D eigenvalue weighted by Crippen LogP contribution is 2.33. The van der Waals surface area contributed by atoms with E-state index in [0.29, 0.717) is 18.7 Å². The summed E-state index contributed by atoms with van der Waals surface area (Å²) in [5.41, 5.74) is 8.85. The summed E-state index contributed by atoms with van der Waals surface area (Å²) in [7, 11) is 0. The molecule has 2 N–H and O–H groups in total. The van der Waals surface area contributed by atoms with Gasteiger partial charge in [-0.25, -0.2) is 4.39 Å². The minimum absolute atomic E-state index is 0.0867. The Bertz CT molecular complexity index is 603. The molecule has 0 saturated heterocycles. The van der Waals surface area contributed by atoms with E-state index >= 15 is 0 Å². The van der Waals surface area contributed by atoms with E-state index in [9.17, 15) is 4.39 Å². The lowest BCUT2D eigenvalue weighted by Crippen LogP contribution is -2.22. The summed E-state index contributed by atoms with van der Waals surface area (Å²) in [6.45, 7) is 0.680. The molecule has 0 aliphatic carbocycles. The van der Waals surface area contributed by atoms with Crippen molar-refractivity contribution in [3.05, 3.63) is 65.2 Å². The average molecular weight is 272 g/mol. The predicted molar refractivity (Wildman–Crippen MR) is 74.6 cm³/mol. The second-order valence-electron chi connectivity index (χ2n) is 5.02. The minimum atomic E-state index is -0.465. The van der Waals surface area contributed by atoms with Crippen molar-refractivity contribution < 1.29 is 9.13 Å². The topological polar surface area (TPSA) is 48.1 Å². The van der Waals surface area contributed by atoms with Gasteiger partial charge in [-0.3, -0.25) is 4.98 Å². The van der Waals surface area contributed by atoms with Gasteiger partial charge in [0, 0.05) is 6.20 Å². The lowest BCUT2D eigenvalue weighted by Gasteiger charge is -2.28. The highest BCUT2D eigenvalue weighted by molar-refractivity contribution is 5.31. The highest BCUT2D eigenvalue weighted by atomic mass is 19.1. The molecule has 0 spiro atoms.